The van der Waals surface area contributed by atoms with Crippen LogP contribution in [0, 0.1) is 6.92 Å². The fourth-order valence-corrected chi connectivity index (χ4v) is 3.24. The van der Waals surface area contributed by atoms with Gasteiger partial charge in [0.2, 0.25) is 11.8 Å². The summed E-state index contributed by atoms with van der Waals surface area (Å²) in [6.45, 7) is 6.61. The number of fused-ring (bicyclic) bond motifs is 1. The van der Waals surface area contributed by atoms with Crippen molar-refractivity contribution >= 4 is 27.5 Å². The molecule has 0 amide bonds. The van der Waals surface area contributed by atoms with Crippen LogP contribution < -0.4 is 10.1 Å². The van der Waals surface area contributed by atoms with Crippen LogP contribution in [-0.2, 0) is 4.74 Å². The van der Waals surface area contributed by atoms with Crippen molar-refractivity contribution in [2.45, 2.75) is 39.2 Å². The van der Waals surface area contributed by atoms with Gasteiger partial charge in [0.25, 0.3) is 0 Å². The van der Waals surface area contributed by atoms with Crippen LogP contribution in [-0.4, -0.2) is 35.8 Å². The average molecular weight is 307 g/mol. The van der Waals surface area contributed by atoms with E-state index in [4.69, 9.17) is 9.47 Å². The Kier molecular flexibility index (Phi) is 4.55. The van der Waals surface area contributed by atoms with E-state index in [9.17, 15) is 0 Å². The number of rotatable bonds is 5. The largest absolute Gasteiger partial charge is 0.474 e. The number of hydrogen-bond donors (Lipinski definition) is 1. The van der Waals surface area contributed by atoms with E-state index in [1.54, 1.807) is 11.3 Å². The molecule has 3 heterocycles. The molecule has 0 bridgehead atoms. The highest BCUT2D eigenvalue weighted by molar-refractivity contribution is 7.18. The van der Waals surface area contributed by atoms with E-state index >= 15 is 0 Å². The highest BCUT2D eigenvalue weighted by Gasteiger charge is 2.19. The van der Waals surface area contributed by atoms with Crippen LogP contribution in [0.2, 0.25) is 0 Å². The lowest BCUT2D eigenvalue weighted by Crippen LogP contribution is -2.26. The van der Waals surface area contributed by atoms with Crippen molar-refractivity contribution < 1.29 is 9.47 Å². The Morgan fingerprint density at radius 1 is 1.38 bits per heavy atom. The molecule has 0 atom stereocenters. The molecule has 1 aliphatic heterocycles. The lowest BCUT2D eigenvalue weighted by atomic mass is 10.1. The van der Waals surface area contributed by atoms with Crippen molar-refractivity contribution in [2.24, 2.45) is 0 Å². The van der Waals surface area contributed by atoms with E-state index < -0.39 is 0 Å². The Bertz CT molecular complexity index is 608. The Morgan fingerprint density at radius 3 is 2.95 bits per heavy atom. The third-order valence-corrected chi connectivity index (χ3v) is 4.41. The van der Waals surface area contributed by atoms with Crippen molar-refractivity contribution in [3.05, 3.63) is 10.9 Å². The summed E-state index contributed by atoms with van der Waals surface area (Å²) in [7, 11) is 0. The van der Waals surface area contributed by atoms with Gasteiger partial charge in [-0.1, -0.05) is 6.92 Å². The minimum Gasteiger partial charge on any atom is -0.474 e. The highest BCUT2D eigenvalue weighted by atomic mass is 32.1. The van der Waals surface area contributed by atoms with Crippen LogP contribution >= 0.6 is 11.3 Å². The fourth-order valence-electron chi connectivity index (χ4n) is 2.37. The van der Waals surface area contributed by atoms with Gasteiger partial charge in [-0.3, -0.25) is 0 Å². The first kappa shape index (κ1) is 14.5. The Hall–Kier alpha value is -1.40. The zero-order valence-corrected chi connectivity index (χ0v) is 13.3. The molecule has 3 rings (SSSR count). The molecular weight excluding hydrogens is 286 g/mol. The van der Waals surface area contributed by atoms with Crippen LogP contribution in [0.25, 0.3) is 10.2 Å². The summed E-state index contributed by atoms with van der Waals surface area (Å²) in [6.07, 6.45) is 3.08. The summed E-state index contributed by atoms with van der Waals surface area (Å²) in [5, 5.41) is 4.27. The van der Waals surface area contributed by atoms with E-state index in [0.29, 0.717) is 11.8 Å². The quantitative estimate of drug-likeness (QED) is 0.917. The maximum Gasteiger partial charge on any atom is 0.227 e. The number of thiophene rings is 1. The van der Waals surface area contributed by atoms with Crippen LogP contribution in [0.5, 0.6) is 5.88 Å². The molecule has 2 aromatic heterocycles. The van der Waals surface area contributed by atoms with E-state index in [1.807, 2.05) is 0 Å². The van der Waals surface area contributed by atoms with E-state index in [2.05, 4.69) is 35.2 Å². The topological polar surface area (TPSA) is 56.3 Å². The molecule has 1 saturated heterocycles. The molecule has 0 radical (unpaired) electrons. The fraction of sp³-hybridized carbons (Fsp3) is 0.600. The SMILES string of the molecule is CCCNc1nc(OC2CCOCC2)c2cc(C)sc2n1. The molecule has 0 saturated carbocycles. The van der Waals surface area contributed by atoms with Gasteiger partial charge in [0.05, 0.1) is 18.6 Å². The Labute approximate surface area is 128 Å². The molecule has 0 unspecified atom stereocenters. The number of ether oxygens (including phenoxy) is 2. The van der Waals surface area contributed by atoms with Gasteiger partial charge < -0.3 is 14.8 Å². The second kappa shape index (κ2) is 6.58. The zero-order valence-electron chi connectivity index (χ0n) is 12.5. The van der Waals surface area contributed by atoms with E-state index in [1.165, 1.54) is 4.88 Å². The van der Waals surface area contributed by atoms with Crippen molar-refractivity contribution in [3.8, 4) is 5.88 Å². The summed E-state index contributed by atoms with van der Waals surface area (Å²) in [5.41, 5.74) is 0. The molecule has 0 spiro atoms. The molecule has 1 aliphatic rings. The van der Waals surface area contributed by atoms with Gasteiger partial charge in [0, 0.05) is 24.3 Å². The third kappa shape index (κ3) is 3.44. The highest BCUT2D eigenvalue weighted by Crippen LogP contribution is 2.32. The monoisotopic (exact) mass is 307 g/mol. The third-order valence-electron chi connectivity index (χ3n) is 3.46. The maximum absolute atomic E-state index is 6.14. The molecule has 5 nitrogen and oxygen atoms in total. The van der Waals surface area contributed by atoms with Gasteiger partial charge in [0.1, 0.15) is 10.9 Å². The standard InChI is InChI=1S/C15H21N3O2S/c1-3-6-16-15-17-13(20-11-4-7-19-8-5-11)12-9-10(2)21-14(12)18-15/h9,11H,3-8H2,1-2H3,(H,16,17,18). The van der Waals surface area contributed by atoms with Crippen molar-refractivity contribution in [1.82, 2.24) is 9.97 Å². The van der Waals surface area contributed by atoms with Gasteiger partial charge in [-0.05, 0) is 19.4 Å². The molecule has 0 aromatic carbocycles. The predicted molar refractivity (Wildman–Crippen MR) is 85.4 cm³/mol. The van der Waals surface area contributed by atoms with Crippen LogP contribution in [0.4, 0.5) is 5.95 Å². The van der Waals surface area contributed by atoms with Crippen LogP contribution in [0.1, 0.15) is 31.1 Å². The zero-order chi connectivity index (χ0) is 14.7. The summed E-state index contributed by atoms with van der Waals surface area (Å²) in [6, 6.07) is 2.11. The molecule has 114 valence electrons. The van der Waals surface area contributed by atoms with Gasteiger partial charge in [-0.25, -0.2) is 4.98 Å². The summed E-state index contributed by atoms with van der Waals surface area (Å²) < 4.78 is 11.5. The summed E-state index contributed by atoms with van der Waals surface area (Å²) in [5.74, 6) is 1.36. The Balaban J connectivity index is 1.89. The minimum atomic E-state index is 0.191. The molecule has 1 fully saturated rings. The number of nitrogens with zero attached hydrogens (tertiary/aromatic N) is 2. The average Bonchev–Trinajstić information content (AvgIpc) is 2.87. The Morgan fingerprint density at radius 2 is 2.19 bits per heavy atom. The second-order valence-electron chi connectivity index (χ2n) is 5.28. The number of nitrogens with one attached hydrogen (secondary N) is 1. The number of aromatic nitrogens is 2. The first-order valence-electron chi connectivity index (χ1n) is 7.52. The molecule has 1 N–H and O–H groups in total. The summed E-state index contributed by atoms with van der Waals surface area (Å²) in [4.78, 5) is 11.4. The van der Waals surface area contributed by atoms with Gasteiger partial charge in [-0.15, -0.1) is 11.3 Å². The normalized spacial score (nSPS) is 16.3. The van der Waals surface area contributed by atoms with Crippen LogP contribution in [0.3, 0.4) is 0 Å². The number of aryl methyl sites for hydroxylation is 1. The molecule has 2 aromatic rings. The van der Waals surface area contributed by atoms with Gasteiger partial charge in [0.15, 0.2) is 0 Å². The van der Waals surface area contributed by atoms with E-state index in [0.717, 1.165) is 49.2 Å². The molecular formula is C15H21N3O2S. The minimum absolute atomic E-state index is 0.191. The lowest BCUT2D eigenvalue weighted by molar-refractivity contribution is 0.0244. The van der Waals surface area contributed by atoms with Crippen molar-refractivity contribution in [2.75, 3.05) is 25.1 Å². The molecule has 21 heavy (non-hydrogen) atoms. The second-order valence-corrected chi connectivity index (χ2v) is 6.52. The maximum atomic E-state index is 6.14. The van der Waals surface area contributed by atoms with Crippen molar-refractivity contribution in [3.63, 3.8) is 0 Å². The first-order valence-corrected chi connectivity index (χ1v) is 8.34. The predicted octanol–water partition coefficient (Wildman–Crippen LogP) is 3.38. The smallest absolute Gasteiger partial charge is 0.227 e. The van der Waals surface area contributed by atoms with E-state index in [-0.39, 0.29) is 6.10 Å². The molecule has 6 heteroatoms. The van der Waals surface area contributed by atoms with Crippen molar-refractivity contribution in [1.29, 1.82) is 0 Å². The molecule has 0 aliphatic carbocycles. The number of hydrogen-bond acceptors (Lipinski definition) is 6. The first-order chi connectivity index (χ1) is 10.3. The van der Waals surface area contributed by atoms with Gasteiger partial charge in [-0.2, -0.15) is 4.98 Å². The van der Waals surface area contributed by atoms with Crippen LogP contribution in [0.15, 0.2) is 6.07 Å². The number of anilines is 1. The lowest BCUT2D eigenvalue weighted by Gasteiger charge is -2.23. The summed E-state index contributed by atoms with van der Waals surface area (Å²) >= 11 is 1.68. The van der Waals surface area contributed by atoms with Gasteiger partial charge >= 0.3 is 0 Å².